The molecule has 2 aromatic carbocycles. The van der Waals surface area contributed by atoms with Crippen LogP contribution in [0.4, 0.5) is 5.69 Å². The summed E-state index contributed by atoms with van der Waals surface area (Å²) in [5, 5.41) is 3.44. The number of methoxy groups -OCH3 is 2. The molecule has 0 aliphatic rings. The van der Waals surface area contributed by atoms with E-state index in [0.717, 1.165) is 0 Å². The van der Waals surface area contributed by atoms with E-state index in [1.165, 1.54) is 14.2 Å². The summed E-state index contributed by atoms with van der Waals surface area (Å²) in [7, 11) is 2.97. The second-order valence-corrected chi connectivity index (χ2v) is 4.97. The number of hydrogen-bond donors (Lipinski definition) is 1. The van der Waals surface area contributed by atoms with Crippen LogP contribution < -0.4 is 14.8 Å². The van der Waals surface area contributed by atoms with Crippen molar-refractivity contribution in [3.05, 3.63) is 52.0 Å². The largest absolute Gasteiger partial charge is 0.496 e. The van der Waals surface area contributed by atoms with Crippen LogP contribution in [0.3, 0.4) is 0 Å². The first-order valence-electron chi connectivity index (χ1n) is 6.04. The molecule has 0 spiro atoms. The summed E-state index contributed by atoms with van der Waals surface area (Å²) in [6.07, 6.45) is 0. The van der Waals surface area contributed by atoms with E-state index in [1.54, 1.807) is 36.4 Å². The van der Waals surface area contributed by atoms with E-state index in [4.69, 9.17) is 32.7 Å². The van der Waals surface area contributed by atoms with Crippen LogP contribution in [0.5, 0.6) is 11.5 Å². The Morgan fingerprint density at radius 1 is 1.10 bits per heavy atom. The highest BCUT2D eigenvalue weighted by Crippen LogP contribution is 2.36. The Bertz CT molecular complexity index is 674. The molecular formula is C15H13Cl2NO3. The van der Waals surface area contributed by atoms with Gasteiger partial charge in [-0.1, -0.05) is 35.3 Å². The maximum Gasteiger partial charge on any atom is 0.259 e. The van der Waals surface area contributed by atoms with Gasteiger partial charge in [0.05, 0.1) is 30.5 Å². The highest BCUT2D eigenvalue weighted by atomic mass is 35.5. The summed E-state index contributed by atoms with van der Waals surface area (Å²) in [4.78, 5) is 12.4. The van der Waals surface area contributed by atoms with Gasteiger partial charge in [0, 0.05) is 5.02 Å². The molecule has 0 heterocycles. The van der Waals surface area contributed by atoms with Crippen LogP contribution in [0.2, 0.25) is 10.0 Å². The molecule has 0 bridgehead atoms. The third-order valence-corrected chi connectivity index (χ3v) is 3.31. The van der Waals surface area contributed by atoms with Crippen molar-refractivity contribution in [1.82, 2.24) is 0 Å². The van der Waals surface area contributed by atoms with Crippen LogP contribution in [0.15, 0.2) is 36.4 Å². The second kappa shape index (κ2) is 6.70. The minimum Gasteiger partial charge on any atom is -0.496 e. The number of carbonyl (C=O) groups excluding carboxylic acids is 1. The highest BCUT2D eigenvalue weighted by molar-refractivity contribution is 6.36. The van der Waals surface area contributed by atoms with Crippen LogP contribution in [-0.2, 0) is 0 Å². The molecular weight excluding hydrogens is 313 g/mol. The van der Waals surface area contributed by atoms with Gasteiger partial charge < -0.3 is 14.8 Å². The zero-order chi connectivity index (χ0) is 15.4. The number of anilines is 1. The molecule has 2 rings (SSSR count). The van der Waals surface area contributed by atoms with E-state index in [-0.39, 0.29) is 5.91 Å². The SMILES string of the molecule is COc1ccccc1C(=O)Nc1cc(Cl)cc(Cl)c1OC. The van der Waals surface area contributed by atoms with Crippen LogP contribution in [0.1, 0.15) is 10.4 Å². The monoisotopic (exact) mass is 325 g/mol. The van der Waals surface area contributed by atoms with Crippen molar-refractivity contribution < 1.29 is 14.3 Å². The molecule has 0 unspecified atom stereocenters. The molecule has 6 heteroatoms. The lowest BCUT2D eigenvalue weighted by molar-refractivity contribution is 0.102. The predicted octanol–water partition coefficient (Wildman–Crippen LogP) is 4.26. The third kappa shape index (κ3) is 3.40. The van der Waals surface area contributed by atoms with Gasteiger partial charge in [0.1, 0.15) is 5.75 Å². The maximum absolute atomic E-state index is 12.4. The number of halogens is 2. The van der Waals surface area contributed by atoms with Crippen molar-refractivity contribution in [2.24, 2.45) is 0 Å². The third-order valence-electron chi connectivity index (χ3n) is 2.81. The Hall–Kier alpha value is -1.91. The molecule has 0 aliphatic heterocycles. The van der Waals surface area contributed by atoms with Crippen LogP contribution in [-0.4, -0.2) is 20.1 Å². The summed E-state index contributed by atoms with van der Waals surface area (Å²) in [5.74, 6) is 0.482. The Labute approximate surface area is 132 Å². The van der Waals surface area contributed by atoms with Gasteiger partial charge in [-0.05, 0) is 24.3 Å². The number of amides is 1. The van der Waals surface area contributed by atoms with Gasteiger partial charge >= 0.3 is 0 Å². The first-order chi connectivity index (χ1) is 10.1. The van der Waals surface area contributed by atoms with Crippen molar-refractivity contribution in [2.45, 2.75) is 0 Å². The molecule has 0 fully saturated rings. The quantitative estimate of drug-likeness (QED) is 0.913. The molecule has 0 aliphatic carbocycles. The minimum atomic E-state index is -0.343. The second-order valence-electron chi connectivity index (χ2n) is 4.12. The van der Waals surface area contributed by atoms with Gasteiger partial charge in [0.2, 0.25) is 0 Å². The van der Waals surface area contributed by atoms with Gasteiger partial charge in [-0.2, -0.15) is 0 Å². The van der Waals surface area contributed by atoms with E-state index in [1.807, 2.05) is 0 Å². The first kappa shape index (κ1) is 15.5. The van der Waals surface area contributed by atoms with Crippen LogP contribution in [0.25, 0.3) is 0 Å². The number of carbonyl (C=O) groups is 1. The smallest absolute Gasteiger partial charge is 0.259 e. The van der Waals surface area contributed by atoms with Crippen molar-refractivity contribution in [1.29, 1.82) is 0 Å². The van der Waals surface area contributed by atoms with E-state index in [2.05, 4.69) is 5.32 Å². The summed E-state index contributed by atoms with van der Waals surface area (Å²) >= 11 is 12.0. The topological polar surface area (TPSA) is 47.6 Å². The molecule has 110 valence electrons. The zero-order valence-electron chi connectivity index (χ0n) is 11.4. The molecule has 4 nitrogen and oxygen atoms in total. The molecule has 21 heavy (non-hydrogen) atoms. The molecule has 0 atom stereocenters. The van der Waals surface area contributed by atoms with Gasteiger partial charge in [-0.25, -0.2) is 0 Å². The summed E-state index contributed by atoms with van der Waals surface area (Å²) in [5.41, 5.74) is 0.795. The summed E-state index contributed by atoms with van der Waals surface area (Å²) < 4.78 is 10.4. The van der Waals surface area contributed by atoms with Crippen molar-refractivity contribution >= 4 is 34.8 Å². The van der Waals surface area contributed by atoms with E-state index in [0.29, 0.717) is 32.8 Å². The Morgan fingerprint density at radius 3 is 2.48 bits per heavy atom. The molecule has 1 amide bonds. The molecule has 1 N–H and O–H groups in total. The van der Waals surface area contributed by atoms with Gasteiger partial charge in [-0.15, -0.1) is 0 Å². The lowest BCUT2D eigenvalue weighted by Crippen LogP contribution is -2.14. The van der Waals surface area contributed by atoms with E-state index in [9.17, 15) is 4.79 Å². The minimum absolute atomic E-state index is 0.320. The number of benzene rings is 2. The predicted molar refractivity (Wildman–Crippen MR) is 84.0 cm³/mol. The van der Waals surface area contributed by atoms with Gasteiger partial charge in [0.25, 0.3) is 5.91 Å². The fourth-order valence-electron chi connectivity index (χ4n) is 1.88. The van der Waals surface area contributed by atoms with E-state index < -0.39 is 0 Å². The lowest BCUT2D eigenvalue weighted by atomic mass is 10.2. The fourth-order valence-corrected chi connectivity index (χ4v) is 2.45. The maximum atomic E-state index is 12.4. The van der Waals surface area contributed by atoms with Gasteiger partial charge in [0.15, 0.2) is 5.75 Å². The Kier molecular flexibility index (Phi) is 4.94. The van der Waals surface area contributed by atoms with Crippen molar-refractivity contribution in [3.8, 4) is 11.5 Å². The van der Waals surface area contributed by atoms with E-state index >= 15 is 0 Å². The molecule has 0 aromatic heterocycles. The first-order valence-corrected chi connectivity index (χ1v) is 6.79. The Balaban J connectivity index is 2.36. The molecule has 0 saturated heterocycles. The highest BCUT2D eigenvalue weighted by Gasteiger charge is 2.16. The van der Waals surface area contributed by atoms with Crippen LogP contribution in [0, 0.1) is 0 Å². The normalized spacial score (nSPS) is 10.1. The Morgan fingerprint density at radius 2 is 1.81 bits per heavy atom. The molecule has 0 saturated carbocycles. The number of para-hydroxylation sites is 1. The molecule has 0 radical (unpaired) electrons. The van der Waals surface area contributed by atoms with Crippen molar-refractivity contribution in [2.75, 3.05) is 19.5 Å². The number of rotatable bonds is 4. The number of nitrogens with one attached hydrogen (secondary N) is 1. The number of hydrogen-bond acceptors (Lipinski definition) is 3. The van der Waals surface area contributed by atoms with Gasteiger partial charge in [-0.3, -0.25) is 4.79 Å². The average Bonchev–Trinajstić information content (AvgIpc) is 2.46. The zero-order valence-corrected chi connectivity index (χ0v) is 13.0. The lowest BCUT2D eigenvalue weighted by Gasteiger charge is -2.13. The average molecular weight is 326 g/mol. The fraction of sp³-hybridized carbons (Fsp3) is 0.133. The van der Waals surface area contributed by atoms with Crippen molar-refractivity contribution in [3.63, 3.8) is 0 Å². The van der Waals surface area contributed by atoms with Crippen LogP contribution >= 0.6 is 23.2 Å². The standard InChI is InChI=1S/C15H13Cl2NO3/c1-20-13-6-4-3-5-10(13)15(19)18-12-8-9(16)7-11(17)14(12)21-2/h3-8H,1-2H3,(H,18,19). The summed E-state index contributed by atoms with van der Waals surface area (Å²) in [6, 6.07) is 10.0. The summed E-state index contributed by atoms with van der Waals surface area (Å²) in [6.45, 7) is 0. The number of ether oxygens (including phenoxy) is 2. The molecule has 2 aromatic rings.